The van der Waals surface area contributed by atoms with Gasteiger partial charge in [-0.2, -0.15) is 0 Å². The van der Waals surface area contributed by atoms with Crippen LogP contribution >= 0.6 is 23.2 Å². The lowest BCUT2D eigenvalue weighted by atomic mass is 10.2. The summed E-state index contributed by atoms with van der Waals surface area (Å²) in [5, 5.41) is 0.648. The van der Waals surface area contributed by atoms with Crippen LogP contribution in [0.15, 0.2) is 42.5 Å². The van der Waals surface area contributed by atoms with Gasteiger partial charge in [0.05, 0.1) is 5.02 Å². The molecule has 2 N–H and O–H groups in total. The van der Waals surface area contributed by atoms with E-state index in [1.165, 1.54) is 12.1 Å². The van der Waals surface area contributed by atoms with Crippen LogP contribution in [0.5, 0.6) is 17.2 Å². The van der Waals surface area contributed by atoms with E-state index in [1.54, 1.807) is 30.3 Å². The molecule has 2 aromatic carbocycles. The number of esters is 1. The van der Waals surface area contributed by atoms with E-state index in [4.69, 9.17) is 42.1 Å². The van der Waals surface area contributed by atoms with Gasteiger partial charge in [0.25, 0.3) is 11.8 Å². The maximum absolute atomic E-state index is 12.1. The molecule has 9 nitrogen and oxygen atoms in total. The third kappa shape index (κ3) is 5.91. The van der Waals surface area contributed by atoms with Gasteiger partial charge in [-0.1, -0.05) is 35.3 Å². The Morgan fingerprint density at radius 3 is 2.57 bits per heavy atom. The molecule has 0 saturated heterocycles. The lowest BCUT2D eigenvalue weighted by molar-refractivity contribution is -0.151. The van der Waals surface area contributed by atoms with Crippen LogP contribution in [0, 0.1) is 0 Å². The Labute approximate surface area is 181 Å². The number of para-hydroxylation sites is 2. The number of hydrogen-bond acceptors (Lipinski definition) is 7. The fourth-order valence-corrected chi connectivity index (χ4v) is 2.78. The molecule has 0 radical (unpaired) electrons. The number of nitrogens with one attached hydrogen (secondary N) is 2. The molecule has 0 fully saturated rings. The van der Waals surface area contributed by atoms with Crippen molar-refractivity contribution in [3.63, 3.8) is 0 Å². The van der Waals surface area contributed by atoms with Gasteiger partial charge >= 0.3 is 5.97 Å². The van der Waals surface area contributed by atoms with Crippen molar-refractivity contribution in [2.24, 2.45) is 0 Å². The Bertz CT molecular complexity index is 954. The Kier molecular flexibility index (Phi) is 7.21. The number of rotatable bonds is 6. The minimum atomic E-state index is -0.944. The second kappa shape index (κ2) is 10.0. The van der Waals surface area contributed by atoms with E-state index in [2.05, 4.69) is 10.9 Å². The number of benzene rings is 2. The number of carbonyl (C=O) groups excluding carboxylic acids is 3. The highest BCUT2D eigenvalue weighted by Gasteiger charge is 2.27. The molecule has 1 aliphatic rings. The highest BCUT2D eigenvalue weighted by atomic mass is 35.5. The first-order valence-corrected chi connectivity index (χ1v) is 9.38. The number of fused-ring (bicyclic) bond motifs is 1. The topological polar surface area (TPSA) is 112 Å². The van der Waals surface area contributed by atoms with Gasteiger partial charge in [0.15, 0.2) is 24.7 Å². The summed E-state index contributed by atoms with van der Waals surface area (Å²) in [7, 11) is 0. The zero-order valence-electron chi connectivity index (χ0n) is 15.4. The summed E-state index contributed by atoms with van der Waals surface area (Å²) in [4.78, 5) is 35.5. The van der Waals surface area contributed by atoms with Gasteiger partial charge in [-0.3, -0.25) is 20.4 Å². The summed E-state index contributed by atoms with van der Waals surface area (Å²) in [5.41, 5.74) is 4.30. The van der Waals surface area contributed by atoms with E-state index in [0.29, 0.717) is 16.5 Å². The molecule has 0 aliphatic carbocycles. The SMILES string of the molecule is O=C(COC(=O)COc1ccc(Cl)cc1Cl)NNC(=O)C1COc2ccccc2O1. The number of hydrogen-bond donors (Lipinski definition) is 2. The van der Waals surface area contributed by atoms with Crippen molar-refractivity contribution in [2.45, 2.75) is 6.10 Å². The van der Waals surface area contributed by atoms with Crippen molar-refractivity contribution in [1.29, 1.82) is 0 Å². The summed E-state index contributed by atoms with van der Waals surface area (Å²) in [6, 6.07) is 11.4. The molecule has 0 aromatic heterocycles. The predicted octanol–water partition coefficient (Wildman–Crippen LogP) is 1.90. The molecular weight excluding hydrogens is 439 g/mol. The molecule has 2 amide bonds. The second-order valence-electron chi connectivity index (χ2n) is 5.93. The number of carbonyl (C=O) groups is 3. The Hall–Kier alpha value is -3.17. The van der Waals surface area contributed by atoms with Crippen LogP contribution in [-0.4, -0.2) is 43.7 Å². The first-order valence-electron chi connectivity index (χ1n) is 8.63. The fraction of sp³-hybridized carbons (Fsp3) is 0.211. The van der Waals surface area contributed by atoms with Crippen molar-refractivity contribution in [2.75, 3.05) is 19.8 Å². The molecule has 1 unspecified atom stereocenters. The fourth-order valence-electron chi connectivity index (χ4n) is 2.31. The Balaban J connectivity index is 1.35. The smallest absolute Gasteiger partial charge is 0.344 e. The highest BCUT2D eigenvalue weighted by molar-refractivity contribution is 6.35. The third-order valence-electron chi connectivity index (χ3n) is 3.73. The number of ether oxygens (including phenoxy) is 4. The van der Waals surface area contributed by atoms with Crippen molar-refractivity contribution >= 4 is 41.0 Å². The molecule has 0 bridgehead atoms. The van der Waals surface area contributed by atoms with Gasteiger partial charge < -0.3 is 18.9 Å². The molecule has 1 heterocycles. The molecule has 1 atom stereocenters. The largest absolute Gasteiger partial charge is 0.485 e. The predicted molar refractivity (Wildman–Crippen MR) is 106 cm³/mol. The summed E-state index contributed by atoms with van der Waals surface area (Å²) in [5.74, 6) is -0.984. The normalized spacial score (nSPS) is 14.4. The quantitative estimate of drug-likeness (QED) is 0.506. The molecule has 3 rings (SSSR count). The van der Waals surface area contributed by atoms with Gasteiger partial charge in [-0.05, 0) is 30.3 Å². The molecule has 158 valence electrons. The standard InChI is InChI=1S/C19H16Cl2N2O7/c20-11-5-6-13(12(21)7-11)28-10-18(25)29-9-17(24)22-23-19(26)16-8-27-14-3-1-2-4-15(14)30-16/h1-7,16H,8-10H2,(H,22,24)(H,23,26). The van der Waals surface area contributed by atoms with E-state index < -0.39 is 37.1 Å². The first kappa shape index (κ1) is 21.5. The van der Waals surface area contributed by atoms with E-state index in [-0.39, 0.29) is 17.4 Å². The Morgan fingerprint density at radius 1 is 1.03 bits per heavy atom. The van der Waals surface area contributed by atoms with Gasteiger partial charge in [-0.25, -0.2) is 4.79 Å². The van der Waals surface area contributed by atoms with Crippen molar-refractivity contribution in [1.82, 2.24) is 10.9 Å². The highest BCUT2D eigenvalue weighted by Crippen LogP contribution is 2.30. The molecular formula is C19H16Cl2N2O7. The maximum atomic E-state index is 12.1. The number of halogens is 2. The van der Waals surface area contributed by atoms with Crippen LogP contribution in [0.3, 0.4) is 0 Å². The van der Waals surface area contributed by atoms with Crippen molar-refractivity contribution < 1.29 is 33.3 Å². The van der Waals surface area contributed by atoms with E-state index in [0.717, 1.165) is 0 Å². The van der Waals surface area contributed by atoms with Gasteiger partial charge in [0.2, 0.25) is 6.10 Å². The zero-order valence-corrected chi connectivity index (χ0v) is 16.9. The summed E-state index contributed by atoms with van der Waals surface area (Å²) < 4.78 is 20.9. The summed E-state index contributed by atoms with van der Waals surface area (Å²) in [6.45, 7) is -1.10. The first-order chi connectivity index (χ1) is 14.4. The minimum absolute atomic E-state index is 0.0156. The van der Waals surface area contributed by atoms with Gasteiger partial charge in [0.1, 0.15) is 12.4 Å². The lowest BCUT2D eigenvalue weighted by Crippen LogP contribution is -2.51. The average Bonchev–Trinajstić information content (AvgIpc) is 2.75. The van der Waals surface area contributed by atoms with Crippen LogP contribution in [0.4, 0.5) is 0 Å². The molecule has 30 heavy (non-hydrogen) atoms. The van der Waals surface area contributed by atoms with Crippen LogP contribution in [0.1, 0.15) is 0 Å². The van der Waals surface area contributed by atoms with Crippen molar-refractivity contribution in [3.05, 3.63) is 52.5 Å². The van der Waals surface area contributed by atoms with Crippen LogP contribution in [0.2, 0.25) is 10.0 Å². The van der Waals surface area contributed by atoms with Gasteiger partial charge in [0, 0.05) is 5.02 Å². The minimum Gasteiger partial charge on any atom is -0.485 e. The number of amides is 2. The average molecular weight is 455 g/mol. The monoisotopic (exact) mass is 454 g/mol. The second-order valence-corrected chi connectivity index (χ2v) is 6.77. The molecule has 0 spiro atoms. The maximum Gasteiger partial charge on any atom is 0.344 e. The Morgan fingerprint density at radius 2 is 1.80 bits per heavy atom. The molecule has 1 aliphatic heterocycles. The van der Waals surface area contributed by atoms with Crippen LogP contribution < -0.4 is 25.1 Å². The van der Waals surface area contributed by atoms with Crippen LogP contribution in [-0.2, 0) is 19.1 Å². The third-order valence-corrected chi connectivity index (χ3v) is 4.26. The molecule has 11 heteroatoms. The van der Waals surface area contributed by atoms with Crippen LogP contribution in [0.25, 0.3) is 0 Å². The van der Waals surface area contributed by atoms with E-state index >= 15 is 0 Å². The molecule has 0 saturated carbocycles. The molecule has 2 aromatic rings. The summed E-state index contributed by atoms with van der Waals surface area (Å²) in [6.07, 6.45) is -0.944. The lowest BCUT2D eigenvalue weighted by Gasteiger charge is -2.25. The zero-order chi connectivity index (χ0) is 21.5. The van der Waals surface area contributed by atoms with Gasteiger partial charge in [-0.15, -0.1) is 0 Å². The van der Waals surface area contributed by atoms with E-state index in [9.17, 15) is 14.4 Å². The van der Waals surface area contributed by atoms with E-state index in [1.807, 2.05) is 0 Å². The van der Waals surface area contributed by atoms with Crippen molar-refractivity contribution in [3.8, 4) is 17.2 Å². The summed E-state index contributed by atoms with van der Waals surface area (Å²) >= 11 is 11.7. The number of hydrazine groups is 1.